The van der Waals surface area contributed by atoms with Gasteiger partial charge in [-0.3, -0.25) is 14.1 Å². The molecule has 3 unspecified atom stereocenters. The molecule has 0 aliphatic heterocycles. The molecule has 7 nitrogen and oxygen atoms in total. The Morgan fingerprint density at radius 2 is 1.26 bits per heavy atom. The molecule has 0 aromatic carbocycles. The fourth-order valence-electron chi connectivity index (χ4n) is 3.20. The Morgan fingerprint density at radius 3 is 1.65 bits per heavy atom. The van der Waals surface area contributed by atoms with E-state index >= 15 is 0 Å². The Bertz CT molecular complexity index is 580. The fourth-order valence-corrected chi connectivity index (χ4v) is 3.86. The van der Waals surface area contributed by atoms with Crippen molar-refractivity contribution in [1.29, 1.82) is 0 Å². The molecular weight excluding hydrogens is 431 g/mol. The monoisotopic (exact) mass is 474 g/mol. The number of esters is 2. The molecule has 0 aliphatic carbocycles. The second kappa shape index (κ2) is 19.3. The minimum atomic E-state index is -4.77. The summed E-state index contributed by atoms with van der Waals surface area (Å²) in [6, 6.07) is 0. The van der Waals surface area contributed by atoms with Crippen LogP contribution < -0.4 is 0 Å². The Morgan fingerprint density at radius 1 is 0.806 bits per heavy atom. The Hall–Kier alpha value is -0.150. The number of unbranched alkanes of at least 4 members (excludes halogenated alkanes) is 4. The van der Waals surface area contributed by atoms with Gasteiger partial charge in [0.1, 0.15) is 0 Å². The molecule has 0 heterocycles. The van der Waals surface area contributed by atoms with Gasteiger partial charge in [0, 0.05) is 0 Å². The van der Waals surface area contributed by atoms with E-state index in [1.807, 2.05) is 13.8 Å². The minimum absolute atomic E-state index is 0. The Kier molecular flexibility index (Phi) is 20.6. The first-order valence-electron chi connectivity index (χ1n) is 11.5. The van der Waals surface area contributed by atoms with E-state index in [0.29, 0.717) is 0 Å². The van der Waals surface area contributed by atoms with Crippen LogP contribution in [0.4, 0.5) is 0 Å². The van der Waals surface area contributed by atoms with E-state index in [1.165, 1.54) is 0 Å². The van der Waals surface area contributed by atoms with Gasteiger partial charge in [-0.05, 0) is 24.7 Å². The zero-order valence-corrected chi connectivity index (χ0v) is 20.0. The third-order valence-corrected chi connectivity index (χ3v) is 6.58. The average Bonchev–Trinajstić information content (AvgIpc) is 2.70. The summed E-state index contributed by atoms with van der Waals surface area (Å²) in [6.07, 6.45) is 9.15. The Balaban J connectivity index is 0. The predicted octanol–water partition coefficient (Wildman–Crippen LogP) is 4.28. The third-order valence-electron chi connectivity index (χ3n) is 5.50. The third kappa shape index (κ3) is 16.2. The second-order valence-corrected chi connectivity index (χ2v) is 9.66. The SMILES string of the molecule is CCCCCC(CC)COC(=O)CC(C(=O)OCC(CC)CCCCC)S(=O)(=O)O.[NaH]. The first kappa shape index (κ1) is 33.0. The van der Waals surface area contributed by atoms with Crippen LogP contribution in [0.25, 0.3) is 0 Å². The molecule has 0 amide bonds. The quantitative estimate of drug-likeness (QED) is 0.137. The van der Waals surface area contributed by atoms with Crippen LogP contribution in [0.5, 0.6) is 0 Å². The molecule has 0 aromatic rings. The van der Waals surface area contributed by atoms with Crippen LogP contribution in [0.2, 0.25) is 0 Å². The molecule has 1 N–H and O–H groups in total. The Labute approximate surface area is 211 Å². The standard InChI is InChI=1S/C22H42O7S.Na.H/c1-5-9-11-13-18(7-3)16-28-21(23)15-20(30(25,26)27)22(24)29-17-19(8-4)14-12-10-6-2;;/h18-20H,5-17H2,1-4H3,(H,25,26,27);;. The number of hydrogen-bond donors (Lipinski definition) is 1. The number of rotatable bonds is 18. The molecule has 0 spiro atoms. The van der Waals surface area contributed by atoms with Crippen LogP contribution in [-0.4, -0.2) is 72.9 Å². The molecule has 3 atom stereocenters. The summed E-state index contributed by atoms with van der Waals surface area (Å²) >= 11 is 0. The van der Waals surface area contributed by atoms with Crippen LogP contribution in [0, 0.1) is 11.8 Å². The van der Waals surface area contributed by atoms with Gasteiger partial charge >= 0.3 is 41.5 Å². The van der Waals surface area contributed by atoms with Gasteiger partial charge in [-0.15, -0.1) is 0 Å². The van der Waals surface area contributed by atoms with Gasteiger partial charge in [0.15, 0.2) is 5.25 Å². The van der Waals surface area contributed by atoms with Gasteiger partial charge in [-0.2, -0.15) is 8.42 Å². The molecule has 0 saturated heterocycles. The maximum absolute atomic E-state index is 12.3. The summed E-state index contributed by atoms with van der Waals surface area (Å²) in [4.78, 5) is 24.4. The number of hydrogen-bond acceptors (Lipinski definition) is 6. The zero-order chi connectivity index (χ0) is 23.0. The van der Waals surface area contributed by atoms with Crippen LogP contribution in [0.3, 0.4) is 0 Å². The van der Waals surface area contributed by atoms with Crippen LogP contribution in [0.15, 0.2) is 0 Å². The summed E-state index contributed by atoms with van der Waals surface area (Å²) in [5.41, 5.74) is 0. The predicted molar refractivity (Wildman–Crippen MR) is 125 cm³/mol. The normalized spacial score (nSPS) is 14.2. The number of ether oxygens (including phenoxy) is 2. The van der Waals surface area contributed by atoms with Crippen molar-refractivity contribution in [2.24, 2.45) is 11.8 Å². The molecule has 0 radical (unpaired) electrons. The van der Waals surface area contributed by atoms with Crippen molar-refractivity contribution in [1.82, 2.24) is 0 Å². The summed E-state index contributed by atoms with van der Waals surface area (Å²) in [6.45, 7) is 8.46. The van der Waals surface area contributed by atoms with Crippen LogP contribution in [-0.2, 0) is 29.2 Å². The van der Waals surface area contributed by atoms with E-state index < -0.39 is 33.7 Å². The fraction of sp³-hybridized carbons (Fsp3) is 0.909. The number of carbonyl (C=O) groups is 2. The van der Waals surface area contributed by atoms with Gasteiger partial charge in [-0.1, -0.05) is 79.1 Å². The van der Waals surface area contributed by atoms with Crippen molar-refractivity contribution in [2.75, 3.05) is 13.2 Å². The second-order valence-electron chi connectivity index (χ2n) is 8.06. The topological polar surface area (TPSA) is 107 Å². The summed E-state index contributed by atoms with van der Waals surface area (Å²) < 4.78 is 43.1. The molecule has 0 saturated carbocycles. The van der Waals surface area contributed by atoms with Crippen LogP contribution >= 0.6 is 0 Å². The van der Waals surface area contributed by atoms with Crippen molar-refractivity contribution in [3.05, 3.63) is 0 Å². The van der Waals surface area contributed by atoms with E-state index in [9.17, 15) is 22.6 Å². The maximum atomic E-state index is 12.3. The average molecular weight is 475 g/mol. The van der Waals surface area contributed by atoms with E-state index in [0.717, 1.165) is 64.2 Å². The van der Waals surface area contributed by atoms with E-state index in [-0.39, 0.29) is 54.6 Å². The van der Waals surface area contributed by atoms with Crippen molar-refractivity contribution in [3.8, 4) is 0 Å². The van der Waals surface area contributed by atoms with Gasteiger partial charge in [0.05, 0.1) is 19.6 Å². The molecule has 0 aromatic heterocycles. The molecule has 31 heavy (non-hydrogen) atoms. The summed E-state index contributed by atoms with van der Waals surface area (Å²) in [7, 11) is -4.77. The molecular formula is C22H43NaO7S. The van der Waals surface area contributed by atoms with Crippen molar-refractivity contribution in [3.63, 3.8) is 0 Å². The molecule has 0 aliphatic rings. The van der Waals surface area contributed by atoms with Gasteiger partial charge < -0.3 is 9.47 Å². The first-order chi connectivity index (χ1) is 14.2. The van der Waals surface area contributed by atoms with Crippen LogP contribution in [0.1, 0.15) is 98.3 Å². The summed E-state index contributed by atoms with van der Waals surface area (Å²) in [5, 5.41) is -1.95. The molecule has 180 valence electrons. The van der Waals surface area contributed by atoms with Crippen molar-refractivity contribution < 1.29 is 32.0 Å². The summed E-state index contributed by atoms with van der Waals surface area (Å²) in [5.74, 6) is -1.59. The van der Waals surface area contributed by atoms with Gasteiger partial charge in [0.25, 0.3) is 10.1 Å². The van der Waals surface area contributed by atoms with Gasteiger partial charge in [0.2, 0.25) is 0 Å². The molecule has 0 bridgehead atoms. The molecule has 9 heteroatoms. The first-order valence-corrected chi connectivity index (χ1v) is 13.0. The van der Waals surface area contributed by atoms with Crippen molar-refractivity contribution in [2.45, 2.75) is 104 Å². The van der Waals surface area contributed by atoms with Gasteiger partial charge in [-0.25, -0.2) is 0 Å². The molecule has 0 rings (SSSR count). The van der Waals surface area contributed by atoms with E-state index in [1.54, 1.807) is 0 Å². The van der Waals surface area contributed by atoms with E-state index in [2.05, 4.69) is 13.8 Å². The van der Waals surface area contributed by atoms with Crippen molar-refractivity contribution >= 4 is 51.6 Å². The number of carbonyl (C=O) groups excluding carboxylic acids is 2. The molecule has 0 fully saturated rings. The van der Waals surface area contributed by atoms with E-state index in [4.69, 9.17) is 9.47 Å². The zero-order valence-electron chi connectivity index (χ0n) is 19.2.